The Kier molecular flexibility index (Phi) is 43.3. The number of hydrogen-bond donors (Lipinski definition) is 1. The fourth-order valence-corrected chi connectivity index (χ4v) is 5.08. The van der Waals surface area contributed by atoms with Crippen molar-refractivity contribution < 1.29 is 124 Å². The predicted molar refractivity (Wildman–Crippen MR) is 146 cm³/mol. The van der Waals surface area contributed by atoms with E-state index in [4.69, 9.17) is 9.05 Å². The Morgan fingerprint density at radius 1 is 0.457 bits per heavy atom. The van der Waals surface area contributed by atoms with E-state index in [0.717, 1.165) is 25.7 Å². The largest absolute Gasteiger partial charge is 1.00 e. The monoisotopic (exact) mass is 570 g/mol. The van der Waals surface area contributed by atoms with Gasteiger partial charge in [-0.2, -0.15) is 0 Å². The summed E-state index contributed by atoms with van der Waals surface area (Å²) in [5.74, 6) is 0. The van der Waals surface area contributed by atoms with E-state index < -0.39 is 7.82 Å². The van der Waals surface area contributed by atoms with Gasteiger partial charge in [0.05, 0.1) is 13.2 Å². The molecule has 0 rings (SSSR count). The molecule has 35 heavy (non-hydrogen) atoms. The van der Waals surface area contributed by atoms with E-state index in [0.29, 0.717) is 13.2 Å². The summed E-state index contributed by atoms with van der Waals surface area (Å²) in [6.07, 6.45) is 30.6. The zero-order valence-corrected chi connectivity index (χ0v) is 31.6. The van der Waals surface area contributed by atoms with Gasteiger partial charge >= 0.3 is 111 Å². The van der Waals surface area contributed by atoms with Crippen molar-refractivity contribution in [3.63, 3.8) is 0 Å². The Labute approximate surface area is 308 Å². The molecule has 0 unspecified atom stereocenters. The predicted octanol–water partition coefficient (Wildman–Crippen LogP) is 4.76. The first-order valence-corrected chi connectivity index (χ1v) is 16.2. The number of phosphoric acid groups is 1. The minimum atomic E-state index is -3.86. The standard InChI is InChI=1S/C28H59O4P.2K.2H/c1-3-5-7-9-11-13-15-17-19-21-23-25-27-31-33(29,30)32-28-26-24-22-20-18-16-14-12-10-8-6-4-2;;;;/h3-28H2,1-2H3,(H,29,30);;;;/q;2*+1;2*-1. The molecule has 1 N–H and O–H groups in total. The summed E-state index contributed by atoms with van der Waals surface area (Å²) in [7, 11) is -3.86. The number of phosphoric ester groups is 1. The molecule has 0 aromatic heterocycles. The van der Waals surface area contributed by atoms with Crippen LogP contribution in [-0.2, 0) is 13.6 Å². The molecule has 0 radical (unpaired) electrons. The van der Waals surface area contributed by atoms with Gasteiger partial charge in [-0.05, 0) is 12.8 Å². The van der Waals surface area contributed by atoms with Crippen LogP contribution in [0.5, 0.6) is 0 Å². The zero-order valence-electron chi connectivity index (χ0n) is 26.5. The van der Waals surface area contributed by atoms with Gasteiger partial charge in [0.15, 0.2) is 0 Å². The molecule has 0 amide bonds. The molecular weight excluding hydrogens is 509 g/mol. The fourth-order valence-electron chi connectivity index (χ4n) is 4.28. The third-order valence-electron chi connectivity index (χ3n) is 6.50. The van der Waals surface area contributed by atoms with Crippen LogP contribution in [0.4, 0.5) is 0 Å². The fraction of sp³-hybridized carbons (Fsp3) is 1.00. The van der Waals surface area contributed by atoms with Gasteiger partial charge in [-0.3, -0.25) is 9.05 Å². The molecule has 0 saturated carbocycles. The third kappa shape index (κ3) is 37.4. The molecule has 0 aromatic rings. The van der Waals surface area contributed by atoms with Crippen molar-refractivity contribution in [3.05, 3.63) is 0 Å². The summed E-state index contributed by atoms with van der Waals surface area (Å²) >= 11 is 0. The van der Waals surface area contributed by atoms with Gasteiger partial charge in [-0.1, -0.05) is 155 Å². The van der Waals surface area contributed by atoms with E-state index in [1.165, 1.54) is 128 Å². The summed E-state index contributed by atoms with van der Waals surface area (Å²) in [5, 5.41) is 0. The maximum absolute atomic E-state index is 11.9. The van der Waals surface area contributed by atoms with Crippen LogP contribution in [0.25, 0.3) is 0 Å². The minimum Gasteiger partial charge on any atom is -1.00 e. The van der Waals surface area contributed by atoms with Crippen molar-refractivity contribution >= 4 is 7.82 Å². The van der Waals surface area contributed by atoms with Crippen molar-refractivity contribution in [3.8, 4) is 0 Å². The Balaban J connectivity index is -0.000000853. The van der Waals surface area contributed by atoms with E-state index in [-0.39, 0.29) is 106 Å². The molecule has 0 aliphatic carbocycles. The molecule has 0 aliphatic rings. The maximum Gasteiger partial charge on any atom is 1.00 e. The van der Waals surface area contributed by atoms with E-state index >= 15 is 0 Å². The van der Waals surface area contributed by atoms with Crippen LogP contribution in [0.3, 0.4) is 0 Å². The molecule has 0 bridgehead atoms. The average Bonchev–Trinajstić information content (AvgIpc) is 2.80. The maximum atomic E-state index is 11.9. The molecule has 0 heterocycles. The molecule has 0 saturated heterocycles. The molecule has 4 nitrogen and oxygen atoms in total. The van der Waals surface area contributed by atoms with E-state index in [1.54, 1.807) is 0 Å². The minimum absolute atomic E-state index is 0. The van der Waals surface area contributed by atoms with Crippen LogP contribution in [0.2, 0.25) is 0 Å². The van der Waals surface area contributed by atoms with E-state index in [9.17, 15) is 9.46 Å². The van der Waals surface area contributed by atoms with Crippen LogP contribution < -0.4 is 103 Å². The Morgan fingerprint density at radius 3 is 0.886 bits per heavy atom. The molecular formula is C28H61K2O4P. The zero-order chi connectivity index (χ0) is 24.3. The van der Waals surface area contributed by atoms with Crippen LogP contribution in [0.1, 0.15) is 171 Å². The van der Waals surface area contributed by atoms with Crippen molar-refractivity contribution in [2.75, 3.05) is 13.2 Å². The summed E-state index contributed by atoms with van der Waals surface area (Å²) in [5.41, 5.74) is 0. The van der Waals surface area contributed by atoms with Gasteiger partial charge in [-0.25, -0.2) is 4.57 Å². The van der Waals surface area contributed by atoms with Gasteiger partial charge < -0.3 is 7.75 Å². The first-order chi connectivity index (χ1) is 16.1. The van der Waals surface area contributed by atoms with Crippen LogP contribution >= 0.6 is 7.82 Å². The Bertz CT molecular complexity index is 405. The Morgan fingerprint density at radius 2 is 0.657 bits per heavy atom. The van der Waals surface area contributed by atoms with Crippen molar-refractivity contribution in [1.29, 1.82) is 0 Å². The summed E-state index contributed by atoms with van der Waals surface area (Å²) < 4.78 is 22.2. The van der Waals surface area contributed by atoms with E-state index in [2.05, 4.69) is 13.8 Å². The molecule has 0 aliphatic heterocycles. The number of rotatable bonds is 28. The van der Waals surface area contributed by atoms with Crippen LogP contribution in [0.15, 0.2) is 0 Å². The van der Waals surface area contributed by atoms with Crippen LogP contribution in [0, 0.1) is 0 Å². The first kappa shape index (κ1) is 42.8. The summed E-state index contributed by atoms with van der Waals surface area (Å²) in [6, 6.07) is 0. The second-order valence-corrected chi connectivity index (χ2v) is 11.4. The van der Waals surface area contributed by atoms with Gasteiger partial charge in [0.2, 0.25) is 0 Å². The molecule has 7 heteroatoms. The molecule has 0 aromatic carbocycles. The third-order valence-corrected chi connectivity index (χ3v) is 7.52. The second-order valence-electron chi connectivity index (χ2n) is 9.91. The molecule has 0 spiro atoms. The molecule has 0 fully saturated rings. The van der Waals surface area contributed by atoms with Gasteiger partial charge in [0.25, 0.3) is 0 Å². The number of unbranched alkanes of at least 4 members (excludes halogenated alkanes) is 22. The van der Waals surface area contributed by atoms with Crippen molar-refractivity contribution in [1.82, 2.24) is 0 Å². The summed E-state index contributed by atoms with van der Waals surface area (Å²) in [6.45, 7) is 5.17. The second kappa shape index (κ2) is 35.4. The van der Waals surface area contributed by atoms with E-state index in [1.807, 2.05) is 0 Å². The van der Waals surface area contributed by atoms with Gasteiger partial charge in [0.1, 0.15) is 0 Å². The summed E-state index contributed by atoms with van der Waals surface area (Å²) in [4.78, 5) is 9.78. The first-order valence-electron chi connectivity index (χ1n) is 14.7. The van der Waals surface area contributed by atoms with Crippen LogP contribution in [-0.4, -0.2) is 18.1 Å². The van der Waals surface area contributed by atoms with Crippen molar-refractivity contribution in [2.45, 2.75) is 168 Å². The van der Waals surface area contributed by atoms with Crippen molar-refractivity contribution in [2.24, 2.45) is 0 Å². The molecule has 0 atom stereocenters. The smallest absolute Gasteiger partial charge is 1.00 e. The SMILES string of the molecule is CCCCCCCCCCCCCCOP(=O)(O)OCCCCCCCCCCCCCC.[H-].[H-].[K+].[K+]. The Hall–Kier alpha value is 3.38. The molecule has 204 valence electrons. The average molecular weight is 571 g/mol. The topological polar surface area (TPSA) is 55.8 Å². The van der Waals surface area contributed by atoms with Gasteiger partial charge in [0, 0.05) is 0 Å². The van der Waals surface area contributed by atoms with Gasteiger partial charge in [-0.15, -0.1) is 0 Å². The quantitative estimate of drug-likeness (QED) is 0.0838. The number of hydrogen-bond acceptors (Lipinski definition) is 3. The normalized spacial score (nSPS) is 11.3.